The Bertz CT molecular complexity index is 557. The van der Waals surface area contributed by atoms with E-state index in [0.29, 0.717) is 6.54 Å². The van der Waals surface area contributed by atoms with Gasteiger partial charge in [-0.3, -0.25) is 0 Å². The maximum absolute atomic E-state index is 5.61. The summed E-state index contributed by atoms with van der Waals surface area (Å²) in [4.78, 5) is 0. The van der Waals surface area contributed by atoms with E-state index in [0.717, 1.165) is 28.7 Å². The SMILES string of the molecule is COc1c(CNC(C)c2ccc(C)o2)c(C)nn1C. The summed E-state index contributed by atoms with van der Waals surface area (Å²) in [5, 5.41) is 7.80. The molecule has 19 heavy (non-hydrogen) atoms. The minimum absolute atomic E-state index is 0.151. The van der Waals surface area contributed by atoms with Gasteiger partial charge in [-0.25, -0.2) is 4.68 Å². The lowest BCUT2D eigenvalue weighted by Gasteiger charge is -2.12. The van der Waals surface area contributed by atoms with Crippen molar-refractivity contribution in [1.29, 1.82) is 0 Å². The van der Waals surface area contributed by atoms with Gasteiger partial charge in [0.25, 0.3) is 0 Å². The van der Waals surface area contributed by atoms with Crippen LogP contribution in [0.4, 0.5) is 0 Å². The summed E-state index contributed by atoms with van der Waals surface area (Å²) in [5.74, 6) is 2.67. The minimum Gasteiger partial charge on any atom is -0.481 e. The van der Waals surface area contributed by atoms with Crippen molar-refractivity contribution in [3.05, 3.63) is 34.9 Å². The molecule has 1 N–H and O–H groups in total. The summed E-state index contributed by atoms with van der Waals surface area (Å²) in [7, 11) is 3.55. The van der Waals surface area contributed by atoms with E-state index in [1.165, 1.54) is 0 Å². The van der Waals surface area contributed by atoms with E-state index in [-0.39, 0.29) is 6.04 Å². The zero-order valence-electron chi connectivity index (χ0n) is 12.2. The molecule has 0 bridgehead atoms. The standard InChI is InChI=1S/C14H21N3O2/c1-9-6-7-13(19-9)11(3)15-8-12-10(2)16-17(4)14(12)18-5/h6-7,11,15H,8H2,1-5H3. The fraction of sp³-hybridized carbons (Fsp3) is 0.500. The van der Waals surface area contributed by atoms with E-state index in [4.69, 9.17) is 9.15 Å². The van der Waals surface area contributed by atoms with Crippen LogP contribution in [0.5, 0.6) is 5.88 Å². The van der Waals surface area contributed by atoms with Crippen molar-refractivity contribution in [2.75, 3.05) is 7.11 Å². The summed E-state index contributed by atoms with van der Waals surface area (Å²) >= 11 is 0. The number of furan rings is 1. The molecule has 0 fully saturated rings. The lowest BCUT2D eigenvalue weighted by Crippen LogP contribution is -2.18. The highest BCUT2D eigenvalue weighted by Crippen LogP contribution is 2.22. The molecule has 2 rings (SSSR count). The van der Waals surface area contributed by atoms with Crippen LogP contribution in [0.1, 0.15) is 35.7 Å². The minimum atomic E-state index is 0.151. The van der Waals surface area contributed by atoms with Crippen LogP contribution in [0.3, 0.4) is 0 Å². The Morgan fingerprint density at radius 3 is 2.74 bits per heavy atom. The predicted octanol–water partition coefficient (Wildman–Crippen LogP) is 2.49. The van der Waals surface area contributed by atoms with Gasteiger partial charge in [-0.1, -0.05) is 0 Å². The van der Waals surface area contributed by atoms with Crippen molar-refractivity contribution in [3.63, 3.8) is 0 Å². The summed E-state index contributed by atoms with van der Waals surface area (Å²) in [6.45, 7) is 6.71. The average molecular weight is 263 g/mol. The molecule has 0 spiro atoms. The van der Waals surface area contributed by atoms with Crippen LogP contribution in [0, 0.1) is 13.8 Å². The van der Waals surface area contributed by atoms with Gasteiger partial charge in [0, 0.05) is 13.6 Å². The first-order chi connectivity index (χ1) is 9.02. The molecular weight excluding hydrogens is 242 g/mol. The van der Waals surface area contributed by atoms with Gasteiger partial charge in [0.15, 0.2) is 0 Å². The normalized spacial score (nSPS) is 12.7. The van der Waals surface area contributed by atoms with Crippen molar-refractivity contribution >= 4 is 0 Å². The van der Waals surface area contributed by atoms with Crippen molar-refractivity contribution in [3.8, 4) is 5.88 Å². The van der Waals surface area contributed by atoms with Crippen LogP contribution in [0.2, 0.25) is 0 Å². The molecule has 0 aliphatic heterocycles. The second-order valence-electron chi connectivity index (χ2n) is 4.75. The Morgan fingerprint density at radius 2 is 2.16 bits per heavy atom. The van der Waals surface area contributed by atoms with E-state index in [9.17, 15) is 0 Å². The number of hydrogen-bond acceptors (Lipinski definition) is 4. The molecule has 2 aromatic heterocycles. The van der Waals surface area contributed by atoms with E-state index in [1.807, 2.05) is 33.0 Å². The first-order valence-corrected chi connectivity index (χ1v) is 6.39. The van der Waals surface area contributed by atoms with Crippen LogP contribution in [-0.2, 0) is 13.6 Å². The second kappa shape index (κ2) is 5.48. The van der Waals surface area contributed by atoms with E-state index >= 15 is 0 Å². The molecule has 0 aromatic carbocycles. The second-order valence-corrected chi connectivity index (χ2v) is 4.75. The monoisotopic (exact) mass is 263 g/mol. The van der Waals surface area contributed by atoms with Gasteiger partial charge < -0.3 is 14.5 Å². The number of ether oxygens (including phenoxy) is 1. The molecule has 0 radical (unpaired) electrons. The van der Waals surface area contributed by atoms with Gasteiger partial charge in [-0.05, 0) is 32.9 Å². The topological polar surface area (TPSA) is 52.2 Å². The van der Waals surface area contributed by atoms with Crippen LogP contribution >= 0.6 is 0 Å². The summed E-state index contributed by atoms with van der Waals surface area (Å²) in [6.07, 6.45) is 0. The first-order valence-electron chi connectivity index (χ1n) is 6.39. The predicted molar refractivity (Wildman–Crippen MR) is 73.2 cm³/mol. The molecule has 5 nitrogen and oxygen atoms in total. The van der Waals surface area contributed by atoms with Gasteiger partial charge in [0.1, 0.15) is 11.5 Å². The number of methoxy groups -OCH3 is 1. The molecule has 1 atom stereocenters. The van der Waals surface area contributed by atoms with Crippen LogP contribution in [-0.4, -0.2) is 16.9 Å². The highest BCUT2D eigenvalue weighted by atomic mass is 16.5. The third kappa shape index (κ3) is 2.81. The quantitative estimate of drug-likeness (QED) is 0.900. The molecular formula is C14H21N3O2. The molecule has 0 amide bonds. The average Bonchev–Trinajstić information content (AvgIpc) is 2.90. The van der Waals surface area contributed by atoms with Gasteiger partial charge >= 0.3 is 0 Å². The van der Waals surface area contributed by atoms with Gasteiger partial charge in [0.2, 0.25) is 5.88 Å². The number of rotatable bonds is 5. The lowest BCUT2D eigenvalue weighted by atomic mass is 10.2. The lowest BCUT2D eigenvalue weighted by molar-refractivity contribution is 0.364. The Morgan fingerprint density at radius 1 is 1.42 bits per heavy atom. The van der Waals surface area contributed by atoms with Crippen molar-refractivity contribution in [1.82, 2.24) is 15.1 Å². The number of nitrogens with zero attached hydrogens (tertiary/aromatic N) is 2. The zero-order valence-corrected chi connectivity index (χ0v) is 12.2. The molecule has 0 aliphatic rings. The van der Waals surface area contributed by atoms with Gasteiger partial charge in [0.05, 0.1) is 24.4 Å². The number of nitrogens with one attached hydrogen (secondary N) is 1. The zero-order chi connectivity index (χ0) is 14.0. The molecule has 0 saturated heterocycles. The fourth-order valence-corrected chi connectivity index (χ4v) is 2.18. The molecule has 0 aliphatic carbocycles. The fourth-order valence-electron chi connectivity index (χ4n) is 2.18. The summed E-state index contributed by atoms with van der Waals surface area (Å²) in [5.41, 5.74) is 2.06. The molecule has 1 unspecified atom stereocenters. The Labute approximate surface area is 113 Å². The maximum Gasteiger partial charge on any atom is 0.216 e. The number of aryl methyl sites for hydroxylation is 3. The molecule has 0 saturated carbocycles. The smallest absolute Gasteiger partial charge is 0.216 e. The van der Waals surface area contributed by atoms with E-state index in [2.05, 4.69) is 17.3 Å². The van der Waals surface area contributed by atoms with Gasteiger partial charge in [-0.2, -0.15) is 5.10 Å². The molecule has 2 heterocycles. The van der Waals surface area contributed by atoms with E-state index < -0.39 is 0 Å². The largest absolute Gasteiger partial charge is 0.481 e. The maximum atomic E-state index is 5.61. The first kappa shape index (κ1) is 13.7. The Balaban J connectivity index is 2.06. The third-order valence-electron chi connectivity index (χ3n) is 3.26. The summed E-state index contributed by atoms with van der Waals surface area (Å²) < 4.78 is 12.7. The van der Waals surface area contributed by atoms with Crippen LogP contribution in [0.25, 0.3) is 0 Å². The van der Waals surface area contributed by atoms with Crippen molar-refractivity contribution < 1.29 is 9.15 Å². The highest BCUT2D eigenvalue weighted by Gasteiger charge is 2.15. The Kier molecular flexibility index (Phi) is 3.95. The molecule has 2 aromatic rings. The van der Waals surface area contributed by atoms with Crippen LogP contribution in [0.15, 0.2) is 16.5 Å². The Hall–Kier alpha value is -1.75. The number of aromatic nitrogens is 2. The van der Waals surface area contributed by atoms with Crippen LogP contribution < -0.4 is 10.1 Å². The third-order valence-corrected chi connectivity index (χ3v) is 3.26. The van der Waals surface area contributed by atoms with Crippen molar-refractivity contribution in [2.45, 2.75) is 33.4 Å². The highest BCUT2D eigenvalue weighted by molar-refractivity contribution is 5.30. The summed E-state index contributed by atoms with van der Waals surface area (Å²) in [6, 6.07) is 4.13. The van der Waals surface area contributed by atoms with Gasteiger partial charge in [-0.15, -0.1) is 0 Å². The molecule has 5 heteroatoms. The molecule has 104 valence electrons. The van der Waals surface area contributed by atoms with E-state index in [1.54, 1.807) is 11.8 Å². The number of hydrogen-bond donors (Lipinski definition) is 1. The van der Waals surface area contributed by atoms with Crippen molar-refractivity contribution in [2.24, 2.45) is 7.05 Å².